The third-order valence-corrected chi connectivity index (χ3v) is 6.33. The molecule has 0 bridgehead atoms. The van der Waals surface area contributed by atoms with E-state index in [0.29, 0.717) is 21.6 Å². The van der Waals surface area contributed by atoms with Crippen LogP contribution in [0.25, 0.3) is 0 Å². The smallest absolute Gasteiger partial charge is 0.238 e. The second-order valence-electron chi connectivity index (χ2n) is 6.80. The largest absolute Gasteiger partial charge is 0.301 e. The molecule has 30 heavy (non-hydrogen) atoms. The van der Waals surface area contributed by atoms with Gasteiger partial charge in [0.05, 0.1) is 16.0 Å². The van der Waals surface area contributed by atoms with Gasteiger partial charge in [0.25, 0.3) is 0 Å². The summed E-state index contributed by atoms with van der Waals surface area (Å²) in [5, 5.41) is 4.62. The van der Waals surface area contributed by atoms with Crippen LogP contribution in [0.4, 0.5) is 5.13 Å². The highest BCUT2D eigenvalue weighted by Crippen LogP contribution is 2.29. The Hall–Kier alpha value is -2.66. The quantitative estimate of drug-likeness (QED) is 0.348. The van der Waals surface area contributed by atoms with E-state index in [1.165, 1.54) is 11.3 Å². The van der Waals surface area contributed by atoms with Crippen LogP contribution in [0.3, 0.4) is 0 Å². The zero-order valence-electron chi connectivity index (χ0n) is 15.9. The van der Waals surface area contributed by atoms with Gasteiger partial charge in [-0.2, -0.15) is 0 Å². The zero-order valence-corrected chi connectivity index (χ0v) is 18.2. The lowest BCUT2D eigenvalue weighted by molar-refractivity contribution is -0.116. The molecule has 0 unspecified atom stereocenters. The van der Waals surface area contributed by atoms with Crippen LogP contribution < -0.4 is 5.32 Å². The highest BCUT2D eigenvalue weighted by Gasteiger charge is 2.23. The molecule has 3 nitrogen and oxygen atoms in total. The van der Waals surface area contributed by atoms with Crippen molar-refractivity contribution in [1.29, 1.82) is 0 Å². The van der Waals surface area contributed by atoms with Crippen molar-refractivity contribution in [2.75, 3.05) is 5.32 Å². The van der Waals surface area contributed by atoms with Crippen molar-refractivity contribution in [3.05, 3.63) is 117 Å². The molecule has 0 fully saturated rings. The van der Waals surface area contributed by atoms with Crippen LogP contribution in [0.5, 0.6) is 0 Å². The van der Waals surface area contributed by atoms with Gasteiger partial charge in [-0.15, -0.1) is 11.3 Å². The van der Waals surface area contributed by atoms with Crippen LogP contribution in [0.1, 0.15) is 27.5 Å². The van der Waals surface area contributed by atoms with E-state index in [1.807, 2.05) is 72.8 Å². The molecule has 0 saturated carbocycles. The first-order valence-corrected chi connectivity index (χ1v) is 11.0. The standard InChI is InChI=1S/C24H18Cl2N2OS/c25-20-12-11-16(14-21(20)26)13-19-15-27-24(30-19)28-23(29)22(17-7-3-1-4-8-17)18-9-5-2-6-10-18/h1-12,14-15,22H,13H2,(H,27,28,29). The fraction of sp³-hybridized carbons (Fsp3) is 0.0833. The number of nitrogens with zero attached hydrogens (tertiary/aromatic N) is 1. The summed E-state index contributed by atoms with van der Waals surface area (Å²) < 4.78 is 0. The molecule has 0 atom stereocenters. The number of hydrogen-bond donors (Lipinski definition) is 1. The highest BCUT2D eigenvalue weighted by molar-refractivity contribution is 7.15. The molecular formula is C24H18Cl2N2OS. The monoisotopic (exact) mass is 452 g/mol. The summed E-state index contributed by atoms with van der Waals surface area (Å²) in [6.45, 7) is 0. The molecule has 0 aliphatic heterocycles. The molecular weight excluding hydrogens is 435 g/mol. The van der Waals surface area contributed by atoms with Gasteiger partial charge in [-0.3, -0.25) is 4.79 Å². The Morgan fingerprint density at radius 3 is 2.13 bits per heavy atom. The molecule has 0 saturated heterocycles. The minimum absolute atomic E-state index is 0.108. The molecule has 0 radical (unpaired) electrons. The van der Waals surface area contributed by atoms with Crippen molar-refractivity contribution in [2.24, 2.45) is 0 Å². The summed E-state index contributed by atoms with van der Waals surface area (Å²) in [4.78, 5) is 18.6. The minimum atomic E-state index is -0.408. The molecule has 1 heterocycles. The van der Waals surface area contributed by atoms with Crippen LogP contribution >= 0.6 is 34.5 Å². The van der Waals surface area contributed by atoms with Gasteiger partial charge in [0, 0.05) is 17.5 Å². The van der Waals surface area contributed by atoms with E-state index in [4.69, 9.17) is 23.2 Å². The Balaban J connectivity index is 1.52. The van der Waals surface area contributed by atoms with Crippen LogP contribution in [0.15, 0.2) is 85.1 Å². The number of hydrogen-bond acceptors (Lipinski definition) is 3. The molecule has 0 spiro atoms. The predicted molar refractivity (Wildman–Crippen MR) is 125 cm³/mol. The zero-order chi connectivity index (χ0) is 20.9. The summed E-state index contributed by atoms with van der Waals surface area (Å²) in [5.74, 6) is -0.516. The summed E-state index contributed by atoms with van der Waals surface area (Å²) in [6.07, 6.45) is 2.45. The van der Waals surface area contributed by atoms with Crippen molar-refractivity contribution in [3.8, 4) is 0 Å². The lowest BCUT2D eigenvalue weighted by Gasteiger charge is -2.17. The molecule has 4 rings (SSSR count). The number of anilines is 1. The Morgan fingerprint density at radius 1 is 0.900 bits per heavy atom. The molecule has 0 aliphatic rings. The van der Waals surface area contributed by atoms with Gasteiger partial charge < -0.3 is 5.32 Å². The Labute approximate surface area is 189 Å². The maximum absolute atomic E-state index is 13.2. The molecule has 0 aliphatic carbocycles. The first-order valence-electron chi connectivity index (χ1n) is 9.39. The fourth-order valence-corrected chi connectivity index (χ4v) is 4.43. The average Bonchev–Trinajstić information content (AvgIpc) is 3.19. The maximum atomic E-state index is 13.2. The van der Waals surface area contributed by atoms with E-state index in [2.05, 4.69) is 10.3 Å². The number of nitrogens with one attached hydrogen (secondary N) is 1. The first-order chi connectivity index (χ1) is 14.6. The van der Waals surface area contributed by atoms with E-state index in [9.17, 15) is 4.79 Å². The highest BCUT2D eigenvalue weighted by atomic mass is 35.5. The van der Waals surface area contributed by atoms with E-state index >= 15 is 0 Å². The minimum Gasteiger partial charge on any atom is -0.301 e. The predicted octanol–water partition coefficient (Wildman–Crippen LogP) is 6.81. The molecule has 6 heteroatoms. The van der Waals surface area contributed by atoms with Crippen LogP contribution in [0.2, 0.25) is 10.0 Å². The lowest BCUT2D eigenvalue weighted by atomic mass is 9.90. The van der Waals surface area contributed by atoms with Crippen LogP contribution in [-0.2, 0) is 11.2 Å². The van der Waals surface area contributed by atoms with Crippen molar-refractivity contribution >= 4 is 45.6 Å². The molecule has 1 N–H and O–H groups in total. The maximum Gasteiger partial charge on any atom is 0.238 e. The number of amides is 1. The van der Waals surface area contributed by atoms with Gasteiger partial charge in [0.2, 0.25) is 5.91 Å². The third kappa shape index (κ3) is 4.90. The number of aromatic nitrogens is 1. The van der Waals surface area contributed by atoms with Crippen molar-refractivity contribution in [1.82, 2.24) is 4.98 Å². The van der Waals surface area contributed by atoms with Gasteiger partial charge in [0.15, 0.2) is 5.13 Å². The summed E-state index contributed by atoms with van der Waals surface area (Å²) >= 11 is 13.5. The third-order valence-electron chi connectivity index (χ3n) is 4.67. The molecule has 1 amide bonds. The molecule has 4 aromatic rings. The Morgan fingerprint density at radius 2 is 1.53 bits per heavy atom. The van der Waals surface area contributed by atoms with Gasteiger partial charge in [-0.25, -0.2) is 4.98 Å². The summed E-state index contributed by atoms with van der Waals surface area (Å²) in [7, 11) is 0. The van der Waals surface area contributed by atoms with E-state index in [-0.39, 0.29) is 5.91 Å². The number of carbonyl (C=O) groups excluding carboxylic acids is 1. The number of halogens is 2. The van der Waals surface area contributed by atoms with Crippen molar-refractivity contribution < 1.29 is 4.79 Å². The Kier molecular flexibility index (Phi) is 6.48. The van der Waals surface area contributed by atoms with Gasteiger partial charge in [0.1, 0.15) is 0 Å². The topological polar surface area (TPSA) is 42.0 Å². The van der Waals surface area contributed by atoms with Gasteiger partial charge in [-0.05, 0) is 28.8 Å². The number of rotatable bonds is 6. The van der Waals surface area contributed by atoms with Gasteiger partial charge in [-0.1, -0.05) is 89.9 Å². The Bertz CT molecular complexity index is 1110. The van der Waals surface area contributed by atoms with Crippen molar-refractivity contribution in [2.45, 2.75) is 12.3 Å². The molecule has 1 aromatic heterocycles. The molecule has 3 aromatic carbocycles. The number of carbonyl (C=O) groups is 1. The fourth-order valence-electron chi connectivity index (χ4n) is 3.26. The second-order valence-corrected chi connectivity index (χ2v) is 8.73. The van der Waals surface area contributed by atoms with Crippen LogP contribution in [-0.4, -0.2) is 10.9 Å². The number of thiazole rings is 1. The second kappa shape index (κ2) is 9.43. The molecule has 150 valence electrons. The SMILES string of the molecule is O=C(Nc1ncc(Cc2ccc(Cl)c(Cl)c2)s1)C(c1ccccc1)c1ccccc1. The summed E-state index contributed by atoms with van der Waals surface area (Å²) in [6, 6.07) is 25.1. The van der Waals surface area contributed by atoms with Crippen molar-refractivity contribution in [3.63, 3.8) is 0 Å². The van der Waals surface area contributed by atoms with E-state index in [1.54, 1.807) is 12.3 Å². The normalized spacial score (nSPS) is 10.9. The lowest BCUT2D eigenvalue weighted by Crippen LogP contribution is -2.22. The van der Waals surface area contributed by atoms with E-state index < -0.39 is 5.92 Å². The summed E-state index contributed by atoms with van der Waals surface area (Å²) in [5.41, 5.74) is 2.92. The average molecular weight is 453 g/mol. The van der Waals surface area contributed by atoms with Gasteiger partial charge >= 0.3 is 0 Å². The first kappa shape index (κ1) is 20.6. The van der Waals surface area contributed by atoms with E-state index in [0.717, 1.165) is 21.6 Å². The number of benzene rings is 3. The van der Waals surface area contributed by atoms with Crippen LogP contribution in [0, 0.1) is 0 Å².